The summed E-state index contributed by atoms with van der Waals surface area (Å²) in [5.41, 5.74) is 5.68. The van der Waals surface area contributed by atoms with E-state index in [-0.39, 0.29) is 0 Å². The maximum atomic E-state index is 5.68. The Morgan fingerprint density at radius 2 is 2.09 bits per heavy atom. The molecule has 3 atom stereocenters. The van der Waals surface area contributed by atoms with E-state index in [9.17, 15) is 0 Å². The largest absolute Gasteiger partial charge is 0.330 e. The molecule has 1 saturated carbocycles. The number of hydrogen-bond acceptors (Lipinski definition) is 1. The average molecular weight is 153 g/mol. The Morgan fingerprint density at radius 1 is 1.45 bits per heavy atom. The minimum Gasteiger partial charge on any atom is -0.330 e. The molecule has 64 valence electrons. The number of rotatable bonds is 3. The highest BCUT2D eigenvalue weighted by molar-refractivity contribution is 4.86. The van der Waals surface area contributed by atoms with Gasteiger partial charge >= 0.3 is 0 Å². The second-order valence-electron chi connectivity index (χ2n) is 3.86. The summed E-state index contributed by atoms with van der Waals surface area (Å²) in [6.45, 7) is 6.97. The van der Waals surface area contributed by atoms with Crippen LogP contribution in [-0.4, -0.2) is 6.54 Å². The van der Waals surface area contributed by atoms with Crippen LogP contribution in [0, 0.1) is 17.8 Å². The average Bonchev–Trinajstić information content (AvgIpc) is 2.32. The quantitative estimate of drug-likeness (QED) is 0.618. The smallest absolute Gasteiger partial charge is 0.00460 e. The van der Waals surface area contributed by atoms with Crippen molar-refractivity contribution >= 4 is 0 Å². The van der Waals surface area contributed by atoms with Crippen LogP contribution in [0.25, 0.3) is 0 Å². The molecule has 1 aliphatic rings. The summed E-state index contributed by atoms with van der Waals surface area (Å²) in [6, 6.07) is 0. The van der Waals surface area contributed by atoms with Crippen LogP contribution in [-0.2, 0) is 0 Å². The topological polar surface area (TPSA) is 26.0 Å². The zero-order valence-electron chi connectivity index (χ0n) is 7.42. The van der Waals surface area contributed by atoms with Crippen molar-refractivity contribution in [2.45, 2.75) is 26.2 Å². The highest BCUT2D eigenvalue weighted by Crippen LogP contribution is 2.37. The summed E-state index contributed by atoms with van der Waals surface area (Å²) < 4.78 is 0. The van der Waals surface area contributed by atoms with Gasteiger partial charge in [0.2, 0.25) is 0 Å². The fraction of sp³-hybridized carbons (Fsp3) is 0.800. The molecule has 0 aromatic heterocycles. The first-order chi connectivity index (χ1) is 5.27. The van der Waals surface area contributed by atoms with Crippen molar-refractivity contribution in [2.75, 3.05) is 6.54 Å². The zero-order chi connectivity index (χ0) is 8.27. The normalized spacial score (nSPS) is 37.5. The third-order valence-electron chi connectivity index (χ3n) is 2.85. The summed E-state index contributed by atoms with van der Waals surface area (Å²) in [6.07, 6.45) is 5.88. The molecular formula is C10H19N. The fourth-order valence-corrected chi connectivity index (χ4v) is 2.31. The van der Waals surface area contributed by atoms with Crippen LogP contribution in [0.4, 0.5) is 0 Å². The molecule has 1 nitrogen and oxygen atoms in total. The van der Waals surface area contributed by atoms with Crippen molar-refractivity contribution in [3.63, 3.8) is 0 Å². The van der Waals surface area contributed by atoms with E-state index in [1.54, 1.807) is 0 Å². The van der Waals surface area contributed by atoms with Gasteiger partial charge in [-0.05, 0) is 43.6 Å². The molecule has 1 fully saturated rings. The van der Waals surface area contributed by atoms with Crippen molar-refractivity contribution < 1.29 is 0 Å². The number of allylic oxidation sites excluding steroid dienone is 1. The van der Waals surface area contributed by atoms with Gasteiger partial charge in [0.25, 0.3) is 0 Å². The predicted octanol–water partition coefficient (Wildman–Crippen LogP) is 2.18. The summed E-state index contributed by atoms with van der Waals surface area (Å²) in [5, 5.41) is 0. The Kier molecular flexibility index (Phi) is 3.13. The lowest BCUT2D eigenvalue weighted by Crippen LogP contribution is -2.17. The van der Waals surface area contributed by atoms with Gasteiger partial charge < -0.3 is 5.73 Å². The second kappa shape index (κ2) is 3.91. The molecule has 1 aliphatic carbocycles. The summed E-state index contributed by atoms with van der Waals surface area (Å²) >= 11 is 0. The second-order valence-corrected chi connectivity index (χ2v) is 3.86. The molecule has 0 amide bonds. The first-order valence-corrected chi connectivity index (χ1v) is 4.58. The Balaban J connectivity index is 2.43. The molecule has 1 heteroatoms. The molecule has 3 unspecified atom stereocenters. The van der Waals surface area contributed by atoms with Gasteiger partial charge in [0, 0.05) is 0 Å². The zero-order valence-corrected chi connectivity index (χ0v) is 7.42. The van der Waals surface area contributed by atoms with Crippen LogP contribution in [0.1, 0.15) is 26.2 Å². The van der Waals surface area contributed by atoms with Gasteiger partial charge in [-0.1, -0.05) is 13.0 Å². The van der Waals surface area contributed by atoms with Gasteiger partial charge in [-0.2, -0.15) is 0 Å². The van der Waals surface area contributed by atoms with Crippen LogP contribution in [0.15, 0.2) is 12.7 Å². The minimum absolute atomic E-state index is 0.767. The Labute approximate surface area is 69.7 Å². The van der Waals surface area contributed by atoms with Crippen molar-refractivity contribution in [1.82, 2.24) is 0 Å². The van der Waals surface area contributed by atoms with E-state index in [0.29, 0.717) is 0 Å². The first-order valence-electron chi connectivity index (χ1n) is 4.58. The molecule has 0 bridgehead atoms. The lowest BCUT2D eigenvalue weighted by atomic mass is 9.93. The van der Waals surface area contributed by atoms with Gasteiger partial charge in [-0.25, -0.2) is 0 Å². The lowest BCUT2D eigenvalue weighted by molar-refractivity contribution is 0.400. The maximum Gasteiger partial charge on any atom is -0.00460 e. The molecule has 1 rings (SSSR count). The summed E-state index contributed by atoms with van der Waals surface area (Å²) in [4.78, 5) is 0. The van der Waals surface area contributed by atoms with Crippen molar-refractivity contribution in [2.24, 2.45) is 23.5 Å². The molecule has 0 heterocycles. The third-order valence-corrected chi connectivity index (χ3v) is 2.85. The summed E-state index contributed by atoms with van der Waals surface area (Å²) in [7, 11) is 0. The van der Waals surface area contributed by atoms with Crippen molar-refractivity contribution in [3.05, 3.63) is 12.7 Å². The maximum absolute atomic E-state index is 5.68. The van der Waals surface area contributed by atoms with E-state index in [1.165, 1.54) is 12.8 Å². The van der Waals surface area contributed by atoms with E-state index in [2.05, 4.69) is 13.5 Å². The first kappa shape index (κ1) is 8.79. The van der Waals surface area contributed by atoms with Gasteiger partial charge in [-0.3, -0.25) is 0 Å². The fourth-order valence-electron chi connectivity index (χ4n) is 2.31. The molecule has 2 N–H and O–H groups in total. The molecule has 0 aromatic carbocycles. The lowest BCUT2D eigenvalue weighted by Gasteiger charge is -2.14. The Morgan fingerprint density at radius 3 is 2.64 bits per heavy atom. The van der Waals surface area contributed by atoms with E-state index in [4.69, 9.17) is 5.73 Å². The van der Waals surface area contributed by atoms with E-state index in [1.807, 2.05) is 6.08 Å². The number of hydrogen-bond donors (Lipinski definition) is 1. The molecule has 0 aliphatic heterocycles. The monoisotopic (exact) mass is 153 g/mol. The van der Waals surface area contributed by atoms with Crippen LogP contribution >= 0.6 is 0 Å². The van der Waals surface area contributed by atoms with E-state index in [0.717, 1.165) is 30.7 Å². The molecule has 0 saturated heterocycles. The molecular weight excluding hydrogens is 134 g/mol. The van der Waals surface area contributed by atoms with Crippen LogP contribution in [0.5, 0.6) is 0 Å². The molecule has 0 radical (unpaired) electrons. The van der Waals surface area contributed by atoms with Gasteiger partial charge in [0.15, 0.2) is 0 Å². The third kappa shape index (κ3) is 2.06. The van der Waals surface area contributed by atoms with E-state index >= 15 is 0 Å². The Hall–Kier alpha value is -0.300. The highest BCUT2D eigenvalue weighted by atomic mass is 14.6. The highest BCUT2D eigenvalue weighted by Gasteiger charge is 2.29. The van der Waals surface area contributed by atoms with Gasteiger partial charge in [0.05, 0.1) is 0 Å². The van der Waals surface area contributed by atoms with Crippen molar-refractivity contribution in [3.8, 4) is 0 Å². The minimum atomic E-state index is 0.767. The predicted molar refractivity (Wildman–Crippen MR) is 49.2 cm³/mol. The van der Waals surface area contributed by atoms with Crippen molar-refractivity contribution in [1.29, 1.82) is 0 Å². The standard InChI is InChI=1S/C10H19N/c1-3-4-9-5-8(2)6-10(9)7-11/h3,8-10H,1,4-7,11H2,2H3. The molecule has 0 aromatic rings. The van der Waals surface area contributed by atoms with Crippen LogP contribution < -0.4 is 5.73 Å². The van der Waals surface area contributed by atoms with Gasteiger partial charge in [-0.15, -0.1) is 6.58 Å². The molecule has 11 heavy (non-hydrogen) atoms. The molecule has 0 spiro atoms. The van der Waals surface area contributed by atoms with Crippen LogP contribution in [0.2, 0.25) is 0 Å². The summed E-state index contributed by atoms with van der Waals surface area (Å²) in [5.74, 6) is 2.48. The van der Waals surface area contributed by atoms with E-state index < -0.39 is 0 Å². The number of nitrogens with two attached hydrogens (primary N) is 1. The van der Waals surface area contributed by atoms with Gasteiger partial charge in [0.1, 0.15) is 0 Å². The Bertz CT molecular complexity index is 131. The SMILES string of the molecule is C=CCC1CC(C)CC1CN. The van der Waals surface area contributed by atoms with Crippen LogP contribution in [0.3, 0.4) is 0 Å².